The number of nitrogens with one attached hydrogen (secondary N) is 1. The standard InChI is InChI=1S/C15H21N3OS/c1-15(2,3)10-14(19)16-11-12(13-6-4-9-20-13)18-8-5-7-17-18/h4-9,12H,10-11H2,1-3H3,(H,16,19). The van der Waals surface area contributed by atoms with Crippen molar-refractivity contribution in [2.24, 2.45) is 5.41 Å². The Morgan fingerprint density at radius 1 is 1.45 bits per heavy atom. The summed E-state index contributed by atoms with van der Waals surface area (Å²) in [6.07, 6.45) is 4.22. The maximum atomic E-state index is 12.0. The van der Waals surface area contributed by atoms with Gasteiger partial charge in [0.2, 0.25) is 5.91 Å². The molecule has 1 amide bonds. The van der Waals surface area contributed by atoms with Gasteiger partial charge in [0.25, 0.3) is 0 Å². The lowest BCUT2D eigenvalue weighted by atomic mass is 9.92. The molecule has 0 fully saturated rings. The van der Waals surface area contributed by atoms with Gasteiger partial charge in [0.15, 0.2) is 0 Å². The molecule has 2 heterocycles. The largest absolute Gasteiger partial charge is 0.354 e. The van der Waals surface area contributed by atoms with Gasteiger partial charge < -0.3 is 5.32 Å². The molecule has 0 aliphatic carbocycles. The Bertz CT molecular complexity index is 492. The number of hydrogen-bond acceptors (Lipinski definition) is 3. The Morgan fingerprint density at radius 2 is 2.25 bits per heavy atom. The minimum atomic E-state index is 0.00815. The second kappa shape index (κ2) is 6.22. The Balaban J connectivity index is 2.01. The second-order valence-corrected chi connectivity index (χ2v) is 7.04. The number of carbonyl (C=O) groups is 1. The van der Waals surface area contributed by atoms with Crippen LogP contribution in [0.2, 0.25) is 0 Å². The molecule has 1 atom stereocenters. The zero-order valence-corrected chi connectivity index (χ0v) is 13.0. The lowest BCUT2D eigenvalue weighted by Gasteiger charge is -2.20. The zero-order valence-electron chi connectivity index (χ0n) is 12.2. The Morgan fingerprint density at radius 3 is 2.80 bits per heavy atom. The fourth-order valence-corrected chi connectivity index (χ4v) is 2.84. The molecule has 0 spiro atoms. The van der Waals surface area contributed by atoms with E-state index in [1.54, 1.807) is 17.5 Å². The first kappa shape index (κ1) is 14.8. The van der Waals surface area contributed by atoms with Crippen LogP contribution < -0.4 is 5.32 Å². The van der Waals surface area contributed by atoms with Crippen molar-refractivity contribution in [2.45, 2.75) is 33.2 Å². The third-order valence-corrected chi connectivity index (χ3v) is 3.87. The number of hydrogen-bond donors (Lipinski definition) is 1. The number of rotatable bonds is 5. The van der Waals surface area contributed by atoms with Crippen LogP contribution in [0.4, 0.5) is 0 Å². The monoisotopic (exact) mass is 291 g/mol. The van der Waals surface area contributed by atoms with Crippen LogP contribution in [0.5, 0.6) is 0 Å². The fraction of sp³-hybridized carbons (Fsp3) is 0.467. The average Bonchev–Trinajstić information content (AvgIpc) is 2.98. The fourth-order valence-electron chi connectivity index (χ4n) is 2.03. The molecule has 5 heteroatoms. The molecule has 2 aromatic rings. The van der Waals surface area contributed by atoms with Gasteiger partial charge in [0, 0.05) is 30.2 Å². The first-order valence-corrected chi connectivity index (χ1v) is 7.63. The summed E-state index contributed by atoms with van der Waals surface area (Å²) in [5, 5.41) is 9.36. The van der Waals surface area contributed by atoms with Crippen molar-refractivity contribution in [3.8, 4) is 0 Å². The van der Waals surface area contributed by atoms with Gasteiger partial charge in [-0.15, -0.1) is 11.3 Å². The number of thiophene rings is 1. The second-order valence-electron chi connectivity index (χ2n) is 6.06. The van der Waals surface area contributed by atoms with Crippen molar-refractivity contribution < 1.29 is 4.79 Å². The van der Waals surface area contributed by atoms with Crippen molar-refractivity contribution in [1.82, 2.24) is 15.1 Å². The molecule has 0 aromatic carbocycles. The van der Waals surface area contributed by atoms with Gasteiger partial charge in [0.05, 0.1) is 0 Å². The van der Waals surface area contributed by atoms with Crippen LogP contribution in [0.15, 0.2) is 36.0 Å². The van der Waals surface area contributed by atoms with Crippen LogP contribution in [0.1, 0.15) is 38.1 Å². The summed E-state index contributed by atoms with van der Waals surface area (Å²) >= 11 is 1.68. The Hall–Kier alpha value is -1.62. The van der Waals surface area contributed by atoms with Crippen LogP contribution in [0, 0.1) is 5.41 Å². The van der Waals surface area contributed by atoms with E-state index >= 15 is 0 Å². The lowest BCUT2D eigenvalue weighted by Crippen LogP contribution is -2.33. The van der Waals surface area contributed by atoms with E-state index in [0.717, 1.165) is 0 Å². The molecule has 2 aromatic heterocycles. The third kappa shape index (κ3) is 4.20. The number of amides is 1. The molecule has 1 unspecified atom stereocenters. The Kier molecular flexibility index (Phi) is 4.60. The maximum Gasteiger partial charge on any atom is 0.220 e. The molecule has 0 bridgehead atoms. The van der Waals surface area contributed by atoms with E-state index in [2.05, 4.69) is 37.3 Å². The molecule has 1 N–H and O–H groups in total. The van der Waals surface area contributed by atoms with Gasteiger partial charge in [-0.3, -0.25) is 9.48 Å². The highest BCUT2D eigenvalue weighted by Gasteiger charge is 2.19. The number of nitrogens with zero attached hydrogens (tertiary/aromatic N) is 2. The van der Waals surface area contributed by atoms with Crippen molar-refractivity contribution >= 4 is 17.2 Å². The summed E-state index contributed by atoms with van der Waals surface area (Å²) < 4.78 is 1.89. The molecule has 0 saturated carbocycles. The highest BCUT2D eigenvalue weighted by molar-refractivity contribution is 7.10. The molecule has 0 aliphatic heterocycles. The van der Waals surface area contributed by atoms with Crippen molar-refractivity contribution in [1.29, 1.82) is 0 Å². The number of aromatic nitrogens is 2. The van der Waals surface area contributed by atoms with E-state index in [1.165, 1.54) is 4.88 Å². The summed E-state index contributed by atoms with van der Waals surface area (Å²) in [6, 6.07) is 6.06. The van der Waals surface area contributed by atoms with E-state index in [0.29, 0.717) is 13.0 Å². The van der Waals surface area contributed by atoms with E-state index in [1.807, 2.05) is 28.4 Å². The summed E-state index contributed by atoms with van der Waals surface area (Å²) in [5.74, 6) is 0.0891. The van der Waals surface area contributed by atoms with Crippen molar-refractivity contribution in [2.75, 3.05) is 6.54 Å². The molecule has 0 saturated heterocycles. The van der Waals surface area contributed by atoms with Crippen LogP contribution >= 0.6 is 11.3 Å². The summed E-state index contributed by atoms with van der Waals surface area (Å²) in [4.78, 5) is 13.2. The van der Waals surface area contributed by atoms with Gasteiger partial charge in [-0.05, 0) is 22.9 Å². The van der Waals surface area contributed by atoms with Crippen LogP contribution in [-0.4, -0.2) is 22.2 Å². The van der Waals surface area contributed by atoms with Gasteiger partial charge in [-0.1, -0.05) is 26.8 Å². The van der Waals surface area contributed by atoms with E-state index < -0.39 is 0 Å². The van der Waals surface area contributed by atoms with E-state index in [-0.39, 0.29) is 17.4 Å². The minimum Gasteiger partial charge on any atom is -0.354 e. The third-order valence-electron chi connectivity index (χ3n) is 2.90. The normalized spacial score (nSPS) is 13.2. The van der Waals surface area contributed by atoms with E-state index in [4.69, 9.17) is 0 Å². The van der Waals surface area contributed by atoms with Crippen molar-refractivity contribution in [3.05, 3.63) is 40.8 Å². The molecule has 108 valence electrons. The SMILES string of the molecule is CC(C)(C)CC(=O)NCC(c1cccs1)n1cccn1. The molecule has 20 heavy (non-hydrogen) atoms. The highest BCUT2D eigenvalue weighted by atomic mass is 32.1. The molecule has 2 rings (SSSR count). The smallest absolute Gasteiger partial charge is 0.220 e. The predicted octanol–water partition coefficient (Wildman–Crippen LogP) is 3.09. The minimum absolute atomic E-state index is 0.00815. The zero-order chi connectivity index (χ0) is 14.6. The first-order chi connectivity index (χ1) is 9.46. The molecular weight excluding hydrogens is 270 g/mol. The van der Waals surface area contributed by atoms with Crippen molar-refractivity contribution in [3.63, 3.8) is 0 Å². The van der Waals surface area contributed by atoms with Gasteiger partial charge in [-0.25, -0.2) is 0 Å². The highest BCUT2D eigenvalue weighted by Crippen LogP contribution is 2.22. The van der Waals surface area contributed by atoms with Gasteiger partial charge in [-0.2, -0.15) is 5.10 Å². The quantitative estimate of drug-likeness (QED) is 0.920. The van der Waals surface area contributed by atoms with Gasteiger partial charge in [0.1, 0.15) is 6.04 Å². The maximum absolute atomic E-state index is 12.0. The number of carbonyl (C=O) groups excluding carboxylic acids is 1. The van der Waals surface area contributed by atoms with E-state index in [9.17, 15) is 4.79 Å². The molecular formula is C15H21N3OS. The van der Waals surface area contributed by atoms with Crippen LogP contribution in [0.3, 0.4) is 0 Å². The summed E-state index contributed by atoms with van der Waals surface area (Å²) in [7, 11) is 0. The molecule has 4 nitrogen and oxygen atoms in total. The predicted molar refractivity (Wildman–Crippen MR) is 81.8 cm³/mol. The lowest BCUT2D eigenvalue weighted by molar-refractivity contribution is -0.122. The molecule has 0 radical (unpaired) electrons. The summed E-state index contributed by atoms with van der Waals surface area (Å²) in [5.41, 5.74) is 0.00815. The van der Waals surface area contributed by atoms with Crippen LogP contribution in [-0.2, 0) is 4.79 Å². The summed E-state index contributed by atoms with van der Waals surface area (Å²) in [6.45, 7) is 6.77. The Labute approximate surface area is 123 Å². The van der Waals surface area contributed by atoms with Gasteiger partial charge >= 0.3 is 0 Å². The average molecular weight is 291 g/mol. The molecule has 0 aliphatic rings. The first-order valence-electron chi connectivity index (χ1n) is 6.75. The van der Waals surface area contributed by atoms with Crippen LogP contribution in [0.25, 0.3) is 0 Å². The topological polar surface area (TPSA) is 46.9 Å².